The van der Waals surface area contributed by atoms with Gasteiger partial charge in [0.25, 0.3) is 0 Å². The molecule has 0 aliphatic heterocycles. The van der Waals surface area contributed by atoms with Gasteiger partial charge in [-0.1, -0.05) is 30.5 Å². The normalized spacial score (nSPS) is 17.8. The number of benzene rings is 1. The van der Waals surface area contributed by atoms with Crippen molar-refractivity contribution < 1.29 is 4.39 Å². The van der Waals surface area contributed by atoms with Crippen molar-refractivity contribution >= 4 is 11.6 Å². The van der Waals surface area contributed by atoms with Gasteiger partial charge in [-0.25, -0.2) is 4.39 Å². The number of rotatable bonds is 4. The molecule has 1 unspecified atom stereocenters. The summed E-state index contributed by atoms with van der Waals surface area (Å²) in [5, 5.41) is 0.443. The van der Waals surface area contributed by atoms with Crippen molar-refractivity contribution in [3.05, 3.63) is 34.6 Å². The molecule has 1 saturated carbocycles. The highest BCUT2D eigenvalue weighted by Crippen LogP contribution is 2.38. The second-order valence-corrected chi connectivity index (χ2v) is 4.47. The second kappa shape index (κ2) is 4.47. The van der Waals surface area contributed by atoms with Gasteiger partial charge in [-0.3, -0.25) is 11.3 Å². The Bertz CT molecular complexity index is 352. The van der Waals surface area contributed by atoms with Crippen LogP contribution in [0.25, 0.3) is 0 Å². The molecule has 1 aromatic carbocycles. The molecule has 3 N–H and O–H groups in total. The van der Waals surface area contributed by atoms with Crippen LogP contribution >= 0.6 is 11.6 Å². The van der Waals surface area contributed by atoms with E-state index in [9.17, 15) is 4.39 Å². The SMILES string of the molecule is NNC(CC1CC1)c1ccc(F)cc1Cl. The highest BCUT2D eigenvalue weighted by atomic mass is 35.5. The number of halogens is 2. The number of nitrogens with two attached hydrogens (primary N) is 1. The van der Waals surface area contributed by atoms with Gasteiger partial charge in [0.1, 0.15) is 5.82 Å². The fourth-order valence-corrected chi connectivity index (χ4v) is 2.05. The molecule has 0 spiro atoms. The molecule has 0 amide bonds. The Morgan fingerprint density at radius 3 is 2.80 bits per heavy atom. The average Bonchev–Trinajstić information content (AvgIpc) is 2.99. The lowest BCUT2D eigenvalue weighted by atomic mass is 10.0. The minimum atomic E-state index is -0.314. The molecule has 1 aliphatic rings. The number of hydrazine groups is 1. The van der Waals surface area contributed by atoms with Crippen LogP contribution in [-0.2, 0) is 0 Å². The Kier molecular flexibility index (Phi) is 3.24. The molecule has 1 fully saturated rings. The van der Waals surface area contributed by atoms with E-state index in [2.05, 4.69) is 5.43 Å². The Morgan fingerprint density at radius 1 is 1.53 bits per heavy atom. The van der Waals surface area contributed by atoms with Crippen LogP contribution < -0.4 is 11.3 Å². The van der Waals surface area contributed by atoms with Gasteiger partial charge in [0.2, 0.25) is 0 Å². The van der Waals surface area contributed by atoms with Crippen LogP contribution in [0, 0.1) is 11.7 Å². The van der Waals surface area contributed by atoms with E-state index >= 15 is 0 Å². The van der Waals surface area contributed by atoms with Crippen LogP contribution in [0.3, 0.4) is 0 Å². The van der Waals surface area contributed by atoms with E-state index in [1.165, 1.54) is 25.0 Å². The van der Waals surface area contributed by atoms with E-state index < -0.39 is 0 Å². The van der Waals surface area contributed by atoms with Gasteiger partial charge >= 0.3 is 0 Å². The molecule has 1 atom stereocenters. The van der Waals surface area contributed by atoms with Gasteiger partial charge in [-0.05, 0) is 30.0 Å². The van der Waals surface area contributed by atoms with Crippen molar-refractivity contribution in [2.24, 2.45) is 11.8 Å². The maximum absolute atomic E-state index is 12.9. The Hall–Kier alpha value is -0.640. The summed E-state index contributed by atoms with van der Waals surface area (Å²) in [6.07, 6.45) is 3.50. The van der Waals surface area contributed by atoms with Crippen LogP contribution in [0.5, 0.6) is 0 Å². The van der Waals surface area contributed by atoms with E-state index in [0.717, 1.165) is 17.9 Å². The smallest absolute Gasteiger partial charge is 0.124 e. The van der Waals surface area contributed by atoms with Crippen LogP contribution in [0.15, 0.2) is 18.2 Å². The van der Waals surface area contributed by atoms with Gasteiger partial charge in [0, 0.05) is 11.1 Å². The van der Waals surface area contributed by atoms with Crippen LogP contribution in [-0.4, -0.2) is 0 Å². The molecule has 0 aromatic heterocycles. The molecule has 1 aromatic rings. The zero-order chi connectivity index (χ0) is 10.8. The zero-order valence-corrected chi connectivity index (χ0v) is 9.10. The number of nitrogens with one attached hydrogen (secondary N) is 1. The Balaban J connectivity index is 2.16. The highest BCUT2D eigenvalue weighted by Gasteiger charge is 2.26. The first-order chi connectivity index (χ1) is 7.20. The zero-order valence-electron chi connectivity index (χ0n) is 8.34. The molecule has 0 radical (unpaired) electrons. The summed E-state index contributed by atoms with van der Waals surface area (Å²) in [7, 11) is 0. The summed E-state index contributed by atoms with van der Waals surface area (Å²) in [6.45, 7) is 0. The van der Waals surface area contributed by atoms with E-state index in [1.54, 1.807) is 6.07 Å². The summed E-state index contributed by atoms with van der Waals surface area (Å²) in [5.74, 6) is 5.91. The van der Waals surface area contributed by atoms with E-state index in [0.29, 0.717) is 5.02 Å². The first-order valence-corrected chi connectivity index (χ1v) is 5.49. The predicted molar refractivity (Wildman–Crippen MR) is 58.8 cm³/mol. The predicted octanol–water partition coefficient (Wildman–Crippen LogP) is 2.78. The van der Waals surface area contributed by atoms with Crippen molar-refractivity contribution in [2.45, 2.75) is 25.3 Å². The van der Waals surface area contributed by atoms with Gasteiger partial charge in [0.15, 0.2) is 0 Å². The lowest BCUT2D eigenvalue weighted by molar-refractivity contribution is 0.486. The molecule has 15 heavy (non-hydrogen) atoms. The quantitative estimate of drug-likeness (QED) is 0.614. The maximum atomic E-state index is 12.9. The molecule has 2 nitrogen and oxygen atoms in total. The van der Waals surface area contributed by atoms with Crippen molar-refractivity contribution in [1.82, 2.24) is 5.43 Å². The lowest BCUT2D eigenvalue weighted by Crippen LogP contribution is -2.28. The summed E-state index contributed by atoms with van der Waals surface area (Å²) in [4.78, 5) is 0. The van der Waals surface area contributed by atoms with Crippen molar-refractivity contribution in [1.29, 1.82) is 0 Å². The third-order valence-electron chi connectivity index (χ3n) is 2.81. The van der Waals surface area contributed by atoms with Crippen LogP contribution in [0.4, 0.5) is 4.39 Å². The molecule has 0 heterocycles. The number of hydrogen-bond donors (Lipinski definition) is 2. The highest BCUT2D eigenvalue weighted by molar-refractivity contribution is 6.31. The third kappa shape index (κ3) is 2.68. The molecule has 0 bridgehead atoms. The first kappa shape index (κ1) is 10.9. The van der Waals surface area contributed by atoms with E-state index in [-0.39, 0.29) is 11.9 Å². The fourth-order valence-electron chi connectivity index (χ4n) is 1.76. The third-order valence-corrected chi connectivity index (χ3v) is 3.13. The van der Waals surface area contributed by atoms with E-state index in [4.69, 9.17) is 17.4 Å². The lowest BCUT2D eigenvalue weighted by Gasteiger charge is -2.17. The largest absolute Gasteiger partial charge is 0.271 e. The standard InChI is InChI=1S/C11H14ClFN2/c12-10-6-8(13)3-4-9(10)11(15-14)5-7-1-2-7/h3-4,6-7,11,15H,1-2,5,14H2. The first-order valence-electron chi connectivity index (χ1n) is 5.12. The molecular weight excluding hydrogens is 215 g/mol. The second-order valence-electron chi connectivity index (χ2n) is 4.06. The minimum absolute atomic E-state index is 0.0330. The summed E-state index contributed by atoms with van der Waals surface area (Å²) in [6, 6.07) is 4.47. The topological polar surface area (TPSA) is 38.0 Å². The van der Waals surface area contributed by atoms with Gasteiger partial charge < -0.3 is 0 Å². The Labute approximate surface area is 93.6 Å². The summed E-state index contributed by atoms with van der Waals surface area (Å²) < 4.78 is 12.9. The molecule has 0 saturated heterocycles. The fraction of sp³-hybridized carbons (Fsp3) is 0.455. The molecule has 82 valence electrons. The van der Waals surface area contributed by atoms with Crippen LogP contribution in [0.1, 0.15) is 30.9 Å². The van der Waals surface area contributed by atoms with Gasteiger partial charge in [-0.2, -0.15) is 0 Å². The van der Waals surface area contributed by atoms with Gasteiger partial charge in [0.05, 0.1) is 0 Å². The molecule has 1 aliphatic carbocycles. The molecular formula is C11H14ClFN2. The van der Waals surface area contributed by atoms with Gasteiger partial charge in [-0.15, -0.1) is 0 Å². The Morgan fingerprint density at radius 2 is 2.27 bits per heavy atom. The average molecular weight is 229 g/mol. The summed E-state index contributed by atoms with van der Waals surface area (Å²) >= 11 is 5.97. The van der Waals surface area contributed by atoms with Crippen molar-refractivity contribution in [3.8, 4) is 0 Å². The molecule has 4 heteroatoms. The van der Waals surface area contributed by atoms with Crippen molar-refractivity contribution in [2.75, 3.05) is 0 Å². The number of hydrogen-bond acceptors (Lipinski definition) is 2. The summed E-state index contributed by atoms with van der Waals surface area (Å²) in [5.41, 5.74) is 3.62. The monoisotopic (exact) mass is 228 g/mol. The van der Waals surface area contributed by atoms with Crippen molar-refractivity contribution in [3.63, 3.8) is 0 Å². The van der Waals surface area contributed by atoms with E-state index in [1.807, 2.05) is 0 Å². The molecule has 2 rings (SSSR count). The van der Waals surface area contributed by atoms with Crippen LogP contribution in [0.2, 0.25) is 5.02 Å². The maximum Gasteiger partial charge on any atom is 0.124 e. The minimum Gasteiger partial charge on any atom is -0.271 e.